The van der Waals surface area contributed by atoms with Crippen LogP contribution in [0.1, 0.15) is 18.1 Å². The zero-order valence-corrected chi connectivity index (χ0v) is 10.4. The molecule has 88 valence electrons. The number of aliphatic hydroxyl groups is 1. The fourth-order valence-electron chi connectivity index (χ4n) is 1.82. The first-order chi connectivity index (χ1) is 8.08. The molecule has 0 radical (unpaired) electrons. The average molecular weight is 248 g/mol. The van der Waals surface area contributed by atoms with E-state index in [2.05, 4.69) is 4.98 Å². The molecule has 2 nitrogen and oxygen atoms in total. The van der Waals surface area contributed by atoms with Crippen LogP contribution in [-0.4, -0.2) is 10.1 Å². The summed E-state index contributed by atoms with van der Waals surface area (Å²) in [6.45, 7) is 1.79. The van der Waals surface area contributed by atoms with Crippen molar-refractivity contribution in [2.24, 2.45) is 0 Å². The van der Waals surface area contributed by atoms with Gasteiger partial charge in [-0.3, -0.25) is 4.98 Å². The molecule has 3 heteroatoms. The van der Waals surface area contributed by atoms with Crippen molar-refractivity contribution in [3.8, 4) is 0 Å². The fourth-order valence-corrected chi connectivity index (χ4v) is 2.01. The van der Waals surface area contributed by atoms with Gasteiger partial charge < -0.3 is 5.11 Å². The monoisotopic (exact) mass is 247 g/mol. The van der Waals surface area contributed by atoms with E-state index in [9.17, 15) is 5.11 Å². The highest BCUT2D eigenvalue weighted by molar-refractivity contribution is 6.30. The van der Waals surface area contributed by atoms with Crippen LogP contribution < -0.4 is 0 Å². The second kappa shape index (κ2) is 4.86. The van der Waals surface area contributed by atoms with Crippen molar-refractivity contribution < 1.29 is 5.11 Å². The maximum Gasteiger partial charge on any atom is 0.0909 e. The zero-order chi connectivity index (χ0) is 12.3. The first-order valence-electron chi connectivity index (χ1n) is 5.45. The number of aromatic nitrogens is 1. The highest BCUT2D eigenvalue weighted by atomic mass is 35.5. The van der Waals surface area contributed by atoms with Gasteiger partial charge in [-0.2, -0.15) is 0 Å². The Morgan fingerprint density at radius 3 is 2.59 bits per heavy atom. The van der Waals surface area contributed by atoms with Gasteiger partial charge in [0.25, 0.3) is 0 Å². The van der Waals surface area contributed by atoms with E-state index >= 15 is 0 Å². The normalized spacial score (nSPS) is 14.3. The Labute approximate surface area is 106 Å². The average Bonchev–Trinajstić information content (AvgIpc) is 2.30. The van der Waals surface area contributed by atoms with Crippen molar-refractivity contribution in [2.75, 3.05) is 0 Å². The molecule has 0 bridgehead atoms. The van der Waals surface area contributed by atoms with Crippen LogP contribution in [0.25, 0.3) is 0 Å². The lowest BCUT2D eigenvalue weighted by Crippen LogP contribution is -2.24. The van der Waals surface area contributed by atoms with Gasteiger partial charge in [0.2, 0.25) is 0 Å². The number of pyridine rings is 1. The highest BCUT2D eigenvalue weighted by Gasteiger charge is 2.23. The lowest BCUT2D eigenvalue weighted by atomic mass is 9.89. The molecule has 0 aliphatic carbocycles. The molecular weight excluding hydrogens is 234 g/mol. The van der Waals surface area contributed by atoms with E-state index < -0.39 is 5.60 Å². The van der Waals surface area contributed by atoms with E-state index in [0.29, 0.717) is 11.4 Å². The van der Waals surface area contributed by atoms with Crippen LogP contribution >= 0.6 is 11.6 Å². The Hall–Kier alpha value is -1.38. The molecule has 0 saturated carbocycles. The van der Waals surface area contributed by atoms with E-state index in [1.807, 2.05) is 24.3 Å². The van der Waals surface area contributed by atoms with Gasteiger partial charge >= 0.3 is 0 Å². The van der Waals surface area contributed by atoms with E-state index in [0.717, 1.165) is 11.1 Å². The van der Waals surface area contributed by atoms with Crippen molar-refractivity contribution in [3.05, 3.63) is 64.9 Å². The van der Waals surface area contributed by atoms with Crippen molar-refractivity contribution in [3.63, 3.8) is 0 Å². The predicted octanol–water partition coefficient (Wildman–Crippen LogP) is 3.19. The van der Waals surface area contributed by atoms with Gasteiger partial charge in [-0.05, 0) is 42.3 Å². The summed E-state index contributed by atoms with van der Waals surface area (Å²) in [5.74, 6) is 0. The Balaban J connectivity index is 2.25. The maximum atomic E-state index is 10.5. The minimum absolute atomic E-state index is 0.538. The molecule has 1 aromatic carbocycles. The summed E-state index contributed by atoms with van der Waals surface area (Å²) in [6, 6.07) is 11.1. The number of halogens is 1. The Morgan fingerprint density at radius 2 is 1.94 bits per heavy atom. The second-order valence-electron chi connectivity index (χ2n) is 4.32. The van der Waals surface area contributed by atoms with Gasteiger partial charge in [0.05, 0.1) is 5.60 Å². The van der Waals surface area contributed by atoms with Crippen molar-refractivity contribution in [1.82, 2.24) is 4.98 Å². The first-order valence-corrected chi connectivity index (χ1v) is 5.83. The Morgan fingerprint density at radius 1 is 1.24 bits per heavy atom. The summed E-state index contributed by atoms with van der Waals surface area (Å²) in [5.41, 5.74) is 0.943. The number of benzene rings is 1. The SMILES string of the molecule is CC(O)(Cc1ccncc1)c1cccc(Cl)c1. The molecule has 2 rings (SSSR count). The highest BCUT2D eigenvalue weighted by Crippen LogP contribution is 2.26. The van der Waals surface area contributed by atoms with Gasteiger partial charge in [-0.15, -0.1) is 0 Å². The van der Waals surface area contributed by atoms with Gasteiger partial charge in [0, 0.05) is 23.8 Å². The summed E-state index contributed by atoms with van der Waals surface area (Å²) in [4.78, 5) is 3.96. The standard InChI is InChI=1S/C14H14ClNO/c1-14(17,10-11-5-7-16-8-6-11)12-3-2-4-13(15)9-12/h2-9,17H,10H2,1H3. The van der Waals surface area contributed by atoms with E-state index in [4.69, 9.17) is 11.6 Å². The lowest BCUT2D eigenvalue weighted by Gasteiger charge is -2.24. The molecule has 1 unspecified atom stereocenters. The molecule has 0 saturated heterocycles. The van der Waals surface area contributed by atoms with Crippen molar-refractivity contribution in [2.45, 2.75) is 18.9 Å². The summed E-state index contributed by atoms with van der Waals surface area (Å²) in [7, 11) is 0. The lowest BCUT2D eigenvalue weighted by molar-refractivity contribution is 0.0576. The maximum absolute atomic E-state index is 10.5. The molecular formula is C14H14ClNO. The van der Waals surface area contributed by atoms with Crippen molar-refractivity contribution >= 4 is 11.6 Å². The molecule has 17 heavy (non-hydrogen) atoms. The Kier molecular flexibility index (Phi) is 3.46. The molecule has 1 atom stereocenters. The number of rotatable bonds is 3. The minimum atomic E-state index is -0.924. The molecule has 0 aliphatic rings. The number of hydrogen-bond acceptors (Lipinski definition) is 2. The smallest absolute Gasteiger partial charge is 0.0909 e. The molecule has 2 aromatic rings. The molecule has 0 spiro atoms. The van der Waals surface area contributed by atoms with Crippen molar-refractivity contribution in [1.29, 1.82) is 0 Å². The molecule has 0 aliphatic heterocycles. The van der Waals surface area contributed by atoms with Crippen LogP contribution in [0.5, 0.6) is 0 Å². The molecule has 0 amide bonds. The third-order valence-corrected chi connectivity index (χ3v) is 2.98. The largest absolute Gasteiger partial charge is 0.385 e. The minimum Gasteiger partial charge on any atom is -0.385 e. The van der Waals surface area contributed by atoms with Crippen LogP contribution in [0.15, 0.2) is 48.8 Å². The van der Waals surface area contributed by atoms with Gasteiger partial charge in [-0.25, -0.2) is 0 Å². The predicted molar refractivity (Wildman–Crippen MR) is 69.0 cm³/mol. The van der Waals surface area contributed by atoms with Crippen LogP contribution in [0.4, 0.5) is 0 Å². The Bertz CT molecular complexity index is 497. The van der Waals surface area contributed by atoms with Crippen LogP contribution in [0, 0.1) is 0 Å². The zero-order valence-electron chi connectivity index (χ0n) is 9.60. The second-order valence-corrected chi connectivity index (χ2v) is 4.75. The van der Waals surface area contributed by atoms with E-state index in [-0.39, 0.29) is 0 Å². The van der Waals surface area contributed by atoms with E-state index in [1.165, 1.54) is 0 Å². The van der Waals surface area contributed by atoms with Gasteiger partial charge in [0.1, 0.15) is 0 Å². The van der Waals surface area contributed by atoms with Gasteiger partial charge in [-0.1, -0.05) is 23.7 Å². The first kappa shape index (κ1) is 12.1. The number of nitrogens with zero attached hydrogens (tertiary/aromatic N) is 1. The fraction of sp³-hybridized carbons (Fsp3) is 0.214. The van der Waals surface area contributed by atoms with Crippen LogP contribution in [-0.2, 0) is 12.0 Å². The van der Waals surface area contributed by atoms with E-state index in [1.54, 1.807) is 31.5 Å². The topological polar surface area (TPSA) is 33.1 Å². The molecule has 1 heterocycles. The molecule has 0 fully saturated rings. The third kappa shape index (κ3) is 3.05. The quantitative estimate of drug-likeness (QED) is 0.904. The van der Waals surface area contributed by atoms with Crippen LogP contribution in [0.2, 0.25) is 5.02 Å². The van der Waals surface area contributed by atoms with Crippen LogP contribution in [0.3, 0.4) is 0 Å². The summed E-state index contributed by atoms with van der Waals surface area (Å²) < 4.78 is 0. The van der Waals surface area contributed by atoms with Gasteiger partial charge in [0.15, 0.2) is 0 Å². The number of hydrogen-bond donors (Lipinski definition) is 1. The molecule has 1 aromatic heterocycles. The summed E-state index contributed by atoms with van der Waals surface area (Å²) in [5, 5.41) is 11.1. The molecule has 1 N–H and O–H groups in total. The summed E-state index contributed by atoms with van der Waals surface area (Å²) >= 11 is 5.93. The third-order valence-electron chi connectivity index (χ3n) is 2.74. The summed E-state index contributed by atoms with van der Waals surface area (Å²) in [6.07, 6.45) is 3.99.